The highest BCUT2D eigenvalue weighted by Gasteiger charge is 2.28. The van der Waals surface area contributed by atoms with Crippen LogP contribution in [0.3, 0.4) is 0 Å². The summed E-state index contributed by atoms with van der Waals surface area (Å²) in [6.07, 6.45) is 0. The van der Waals surface area contributed by atoms with Crippen LogP contribution in [0.2, 0.25) is 0 Å². The minimum Gasteiger partial charge on any atom is -0.355 e. The van der Waals surface area contributed by atoms with Crippen molar-refractivity contribution in [2.75, 3.05) is 7.05 Å². The van der Waals surface area contributed by atoms with Gasteiger partial charge >= 0.3 is 0 Å². The van der Waals surface area contributed by atoms with Crippen LogP contribution in [0.15, 0.2) is 4.99 Å². The van der Waals surface area contributed by atoms with Crippen molar-refractivity contribution in [2.45, 2.75) is 0 Å². The van der Waals surface area contributed by atoms with Crippen molar-refractivity contribution >= 4 is 18.3 Å². The van der Waals surface area contributed by atoms with E-state index in [1.54, 1.807) is 0 Å². The highest BCUT2D eigenvalue weighted by molar-refractivity contribution is 5.99. The quantitative estimate of drug-likeness (QED) is 0.361. The van der Waals surface area contributed by atoms with Crippen molar-refractivity contribution < 1.29 is 22.4 Å². The number of benzene rings is 1. The molecule has 0 unspecified atom stereocenters. The number of carbonyl (C=O) groups excluding carboxylic acids is 1. The number of amides is 1. The maximum Gasteiger partial charge on any atom is 0.256 e. The lowest BCUT2D eigenvalue weighted by atomic mass is 10.1. The van der Waals surface area contributed by atoms with Gasteiger partial charge in [-0.1, -0.05) is 0 Å². The van der Waals surface area contributed by atoms with Crippen molar-refractivity contribution in [3.05, 3.63) is 28.8 Å². The van der Waals surface area contributed by atoms with Crippen molar-refractivity contribution in [1.29, 1.82) is 0 Å². The summed E-state index contributed by atoms with van der Waals surface area (Å²) in [5, 5.41) is 1.95. The number of halogens is 4. The molecule has 0 saturated heterocycles. The first kappa shape index (κ1) is 12.2. The lowest BCUT2D eigenvalue weighted by Gasteiger charge is -2.08. The Morgan fingerprint density at radius 3 is 2.06 bits per heavy atom. The molecule has 16 heavy (non-hydrogen) atoms. The Hall–Kier alpha value is -1.92. The normalized spacial score (nSPS) is 10.1. The van der Waals surface area contributed by atoms with Gasteiger partial charge in [-0.25, -0.2) is 17.6 Å². The lowest BCUT2D eigenvalue weighted by molar-refractivity contribution is 0.0958. The third-order valence-electron chi connectivity index (χ3n) is 1.85. The Bertz CT molecular complexity index is 473. The van der Waals surface area contributed by atoms with Crippen LogP contribution in [0.1, 0.15) is 10.4 Å². The SMILES string of the molecule is C=Nc1c(F)c(F)c(F)c(F)c1C(=O)NC. The summed E-state index contributed by atoms with van der Waals surface area (Å²) in [6, 6.07) is 0. The number of nitrogens with one attached hydrogen (secondary N) is 1. The Morgan fingerprint density at radius 1 is 1.12 bits per heavy atom. The number of carbonyl (C=O) groups is 1. The molecule has 0 saturated carbocycles. The Balaban J connectivity index is 3.70. The van der Waals surface area contributed by atoms with E-state index in [1.165, 1.54) is 0 Å². The number of hydrogen-bond acceptors (Lipinski definition) is 2. The summed E-state index contributed by atoms with van der Waals surface area (Å²) < 4.78 is 51.9. The van der Waals surface area contributed by atoms with Gasteiger partial charge in [0, 0.05) is 7.05 Å². The molecule has 3 nitrogen and oxygen atoms in total. The van der Waals surface area contributed by atoms with E-state index >= 15 is 0 Å². The highest BCUT2D eigenvalue weighted by atomic mass is 19.2. The first-order chi connectivity index (χ1) is 7.45. The zero-order chi connectivity index (χ0) is 12.5. The molecule has 0 bridgehead atoms. The van der Waals surface area contributed by atoms with Crippen LogP contribution in [0.25, 0.3) is 0 Å². The standard InChI is InChI=1S/C9H6F4N2O/c1-14-8-3(9(16)15-2)4(10)5(11)6(12)7(8)13/h1H2,2H3,(H,15,16). The van der Waals surface area contributed by atoms with Gasteiger partial charge in [-0.3, -0.25) is 9.79 Å². The van der Waals surface area contributed by atoms with Crippen LogP contribution in [-0.4, -0.2) is 19.7 Å². The molecular formula is C9H6F4N2O. The Morgan fingerprint density at radius 2 is 1.62 bits per heavy atom. The summed E-state index contributed by atoms with van der Waals surface area (Å²) >= 11 is 0. The molecule has 7 heteroatoms. The molecule has 0 spiro atoms. The lowest BCUT2D eigenvalue weighted by Crippen LogP contribution is -2.21. The highest BCUT2D eigenvalue weighted by Crippen LogP contribution is 2.30. The predicted molar refractivity (Wildman–Crippen MR) is 48.9 cm³/mol. The van der Waals surface area contributed by atoms with E-state index in [-0.39, 0.29) is 0 Å². The smallest absolute Gasteiger partial charge is 0.256 e. The van der Waals surface area contributed by atoms with Crippen molar-refractivity contribution in [2.24, 2.45) is 4.99 Å². The van der Waals surface area contributed by atoms with Crippen LogP contribution < -0.4 is 5.32 Å². The minimum absolute atomic E-state index is 0.962. The number of aliphatic imine (C=N–C) groups is 1. The topological polar surface area (TPSA) is 41.5 Å². The fraction of sp³-hybridized carbons (Fsp3) is 0.111. The largest absolute Gasteiger partial charge is 0.355 e. The number of nitrogens with zero attached hydrogens (tertiary/aromatic N) is 1. The summed E-state index contributed by atoms with van der Waals surface area (Å²) in [4.78, 5) is 14.1. The van der Waals surface area contributed by atoms with E-state index in [9.17, 15) is 22.4 Å². The molecule has 1 rings (SSSR count). The third kappa shape index (κ3) is 1.64. The molecule has 0 aliphatic heterocycles. The fourth-order valence-electron chi connectivity index (χ4n) is 1.10. The van der Waals surface area contributed by atoms with Gasteiger partial charge in [0.25, 0.3) is 5.91 Å². The Labute approximate surface area is 87.8 Å². The van der Waals surface area contributed by atoms with E-state index in [0.29, 0.717) is 0 Å². The molecule has 1 aromatic rings. The number of rotatable bonds is 2. The summed E-state index contributed by atoms with van der Waals surface area (Å²) in [6.45, 7) is 2.86. The van der Waals surface area contributed by atoms with Crippen molar-refractivity contribution in [3.63, 3.8) is 0 Å². The van der Waals surface area contributed by atoms with Gasteiger partial charge in [-0.05, 0) is 6.72 Å². The second kappa shape index (κ2) is 4.30. The summed E-state index contributed by atoms with van der Waals surface area (Å²) in [7, 11) is 1.12. The van der Waals surface area contributed by atoms with Crippen molar-refractivity contribution in [1.82, 2.24) is 5.32 Å². The van der Waals surface area contributed by atoms with Crippen LogP contribution in [0.4, 0.5) is 23.2 Å². The van der Waals surface area contributed by atoms with E-state index in [4.69, 9.17) is 0 Å². The van der Waals surface area contributed by atoms with Gasteiger partial charge in [-0.15, -0.1) is 0 Å². The van der Waals surface area contributed by atoms with Gasteiger partial charge in [0.05, 0.1) is 0 Å². The molecule has 1 amide bonds. The van der Waals surface area contributed by atoms with E-state index in [2.05, 4.69) is 11.7 Å². The molecule has 0 aromatic heterocycles. The Kier molecular flexibility index (Phi) is 3.26. The van der Waals surface area contributed by atoms with E-state index < -0.39 is 40.4 Å². The molecule has 86 valence electrons. The van der Waals surface area contributed by atoms with Gasteiger partial charge in [0.15, 0.2) is 23.3 Å². The van der Waals surface area contributed by atoms with Gasteiger partial charge in [-0.2, -0.15) is 0 Å². The van der Waals surface area contributed by atoms with Gasteiger partial charge in [0.1, 0.15) is 11.3 Å². The fourth-order valence-corrected chi connectivity index (χ4v) is 1.10. The second-order valence-corrected chi connectivity index (χ2v) is 2.72. The molecule has 0 heterocycles. The first-order valence-corrected chi connectivity index (χ1v) is 4.00. The molecule has 1 aromatic carbocycles. The van der Waals surface area contributed by atoms with Crippen molar-refractivity contribution in [3.8, 4) is 0 Å². The molecule has 0 atom stereocenters. The van der Waals surface area contributed by atoms with E-state index in [0.717, 1.165) is 7.05 Å². The van der Waals surface area contributed by atoms with Crippen LogP contribution in [-0.2, 0) is 0 Å². The van der Waals surface area contributed by atoms with Crippen LogP contribution >= 0.6 is 0 Å². The zero-order valence-electron chi connectivity index (χ0n) is 8.07. The van der Waals surface area contributed by atoms with E-state index in [1.807, 2.05) is 5.32 Å². The zero-order valence-corrected chi connectivity index (χ0v) is 8.07. The van der Waals surface area contributed by atoms with Crippen LogP contribution in [0, 0.1) is 23.3 Å². The predicted octanol–water partition coefficient (Wildman–Crippen LogP) is 1.93. The summed E-state index contributed by atoms with van der Waals surface area (Å²) in [5.41, 5.74) is -1.98. The third-order valence-corrected chi connectivity index (χ3v) is 1.85. The van der Waals surface area contributed by atoms with Gasteiger partial charge < -0.3 is 5.32 Å². The maximum atomic E-state index is 13.2. The average Bonchev–Trinajstić information content (AvgIpc) is 2.29. The molecule has 0 aliphatic carbocycles. The number of hydrogen-bond donors (Lipinski definition) is 1. The summed E-state index contributed by atoms with van der Waals surface area (Å²) in [5.74, 6) is -8.79. The maximum absolute atomic E-state index is 13.2. The average molecular weight is 234 g/mol. The first-order valence-electron chi connectivity index (χ1n) is 4.00. The molecule has 0 radical (unpaired) electrons. The monoisotopic (exact) mass is 234 g/mol. The molecule has 0 fully saturated rings. The van der Waals surface area contributed by atoms with Gasteiger partial charge in [0.2, 0.25) is 0 Å². The second-order valence-electron chi connectivity index (χ2n) is 2.72. The molecule has 1 N–H and O–H groups in total. The molecule has 0 aliphatic rings. The minimum atomic E-state index is -2.07. The molecular weight excluding hydrogens is 228 g/mol. The van der Waals surface area contributed by atoms with Crippen LogP contribution in [0.5, 0.6) is 0 Å².